The molecule has 4 nitrogen and oxygen atoms in total. The molecule has 0 saturated heterocycles. The molecule has 1 aromatic rings. The maximum atomic E-state index is 11.3. The van der Waals surface area contributed by atoms with Gasteiger partial charge < -0.3 is 8.67 Å². The molecule has 0 spiro atoms. The Balaban J connectivity index is 0.000000676. The summed E-state index contributed by atoms with van der Waals surface area (Å²) in [6, 6.07) is 6.40. The molecule has 0 aliphatic carbocycles. The van der Waals surface area contributed by atoms with Gasteiger partial charge in [-0.25, -0.2) is 0 Å². The van der Waals surface area contributed by atoms with Gasteiger partial charge in [-0.15, -0.1) is 0 Å². The molecule has 0 aliphatic heterocycles. The van der Waals surface area contributed by atoms with Crippen LogP contribution in [0.3, 0.4) is 0 Å². The number of hydrogen-bond donors (Lipinski definition) is 0. The molecular weight excluding hydrogens is 430 g/mol. The van der Waals surface area contributed by atoms with Gasteiger partial charge >= 0.3 is 10.1 Å². The number of hydrogen-bond acceptors (Lipinski definition) is 3. The number of benzene rings is 1. The molecule has 0 bridgehead atoms. The molecule has 1 aromatic carbocycles. The minimum absolute atomic E-state index is 0.137. The minimum Gasteiger partial charge on any atom is -0.388 e. The van der Waals surface area contributed by atoms with Crippen LogP contribution in [-0.4, -0.2) is 40.6 Å². The van der Waals surface area contributed by atoms with E-state index in [1.807, 2.05) is 6.92 Å². The summed E-state index contributed by atoms with van der Waals surface area (Å²) in [5.41, 5.74) is 0.998. The third kappa shape index (κ3) is 19.8. The molecule has 0 fully saturated rings. The third-order valence-corrected chi connectivity index (χ3v) is 6.93. The first-order valence-electron chi connectivity index (χ1n) is 13.0. The topological polar surface area (TPSA) is 43.4 Å². The quantitative estimate of drug-likeness (QED) is 0.0920. The van der Waals surface area contributed by atoms with E-state index in [2.05, 4.69) is 38.8 Å². The lowest BCUT2D eigenvalue weighted by atomic mass is 10.0. The Morgan fingerprint density at radius 2 is 1.15 bits per heavy atom. The molecule has 0 unspecified atom stereocenters. The first-order valence-corrected chi connectivity index (χ1v) is 14.4. The predicted octanol–water partition coefficient (Wildman–Crippen LogP) is 8.02. The highest BCUT2D eigenvalue weighted by Crippen LogP contribution is 2.14. The van der Waals surface area contributed by atoms with Gasteiger partial charge in [0.25, 0.3) is 0 Å². The van der Waals surface area contributed by atoms with Crippen molar-refractivity contribution in [3.05, 3.63) is 42.7 Å². The predicted molar refractivity (Wildman–Crippen MR) is 143 cm³/mol. The smallest absolute Gasteiger partial charge is 0.338 e. The molecule has 0 saturated carbocycles. The molecule has 0 aliphatic rings. The average molecular weight is 483 g/mol. The molecule has 192 valence electrons. The van der Waals surface area contributed by atoms with Gasteiger partial charge in [-0.2, -0.15) is 8.42 Å². The van der Waals surface area contributed by atoms with Crippen LogP contribution in [0.4, 0.5) is 0 Å². The van der Waals surface area contributed by atoms with E-state index in [0.29, 0.717) is 0 Å². The third-order valence-electron chi connectivity index (χ3n) is 5.69. The lowest BCUT2D eigenvalue weighted by Gasteiger charge is -2.23. The van der Waals surface area contributed by atoms with Gasteiger partial charge in [0.2, 0.25) is 0 Å². The fraction of sp³-hybridized carbons (Fsp3) is 0.714. The Kier molecular flexibility index (Phi) is 18.3. The van der Waals surface area contributed by atoms with E-state index in [4.69, 9.17) is 0 Å². The van der Waals surface area contributed by atoms with Crippen molar-refractivity contribution in [2.24, 2.45) is 0 Å². The van der Waals surface area contributed by atoms with Crippen LogP contribution in [-0.2, 0) is 14.3 Å². The maximum absolute atomic E-state index is 11.3. The fourth-order valence-corrected chi connectivity index (χ4v) is 4.39. The van der Waals surface area contributed by atoms with Gasteiger partial charge in [-0.1, -0.05) is 108 Å². The van der Waals surface area contributed by atoms with Crippen molar-refractivity contribution in [1.29, 1.82) is 0 Å². The monoisotopic (exact) mass is 482 g/mol. The molecule has 0 amide bonds. The van der Waals surface area contributed by atoms with Crippen LogP contribution in [0.15, 0.2) is 42.0 Å². The standard InChI is InChI=1S/C19H42N.C9H10O3S/c1-5-6-7-8-9-10-11-12-13-14-15-16-17-18-19-20(2,3)4;1-3-12-13(10,11)9-6-4-8(2)5-7-9/h5-19H2,1-4H3;3-7H,1H2,2H3/q+1;. The molecule has 5 heteroatoms. The summed E-state index contributed by atoms with van der Waals surface area (Å²) in [5, 5.41) is 0. The van der Waals surface area contributed by atoms with Crippen LogP contribution in [0.1, 0.15) is 102 Å². The van der Waals surface area contributed by atoms with Gasteiger partial charge in [0.1, 0.15) is 4.90 Å². The van der Waals surface area contributed by atoms with Gasteiger partial charge in [0.15, 0.2) is 0 Å². The van der Waals surface area contributed by atoms with Gasteiger partial charge in [0.05, 0.1) is 33.9 Å². The summed E-state index contributed by atoms with van der Waals surface area (Å²) >= 11 is 0. The molecule has 0 radical (unpaired) electrons. The number of unbranched alkanes of at least 4 members (excludes halogenated alkanes) is 13. The van der Waals surface area contributed by atoms with Crippen LogP contribution in [0, 0.1) is 6.92 Å². The van der Waals surface area contributed by atoms with E-state index in [-0.39, 0.29) is 4.90 Å². The van der Waals surface area contributed by atoms with Crippen molar-refractivity contribution in [1.82, 2.24) is 0 Å². The van der Waals surface area contributed by atoms with Gasteiger partial charge in [0, 0.05) is 0 Å². The van der Waals surface area contributed by atoms with Crippen molar-refractivity contribution in [3.63, 3.8) is 0 Å². The second-order valence-electron chi connectivity index (χ2n) is 10.1. The fourth-order valence-electron chi connectivity index (χ4n) is 3.63. The van der Waals surface area contributed by atoms with Gasteiger partial charge in [-0.05, 0) is 31.9 Å². The molecule has 33 heavy (non-hydrogen) atoms. The van der Waals surface area contributed by atoms with E-state index in [9.17, 15) is 8.42 Å². The number of nitrogens with zero attached hydrogens (tertiary/aromatic N) is 1. The van der Waals surface area contributed by atoms with Crippen molar-refractivity contribution in [3.8, 4) is 0 Å². The second-order valence-corrected chi connectivity index (χ2v) is 11.7. The molecule has 0 heterocycles. The van der Waals surface area contributed by atoms with Crippen molar-refractivity contribution < 1.29 is 17.1 Å². The summed E-state index contributed by atoms with van der Waals surface area (Å²) in [7, 11) is 3.24. The van der Waals surface area contributed by atoms with E-state index in [0.717, 1.165) is 16.3 Å². The van der Waals surface area contributed by atoms with Crippen LogP contribution in [0.5, 0.6) is 0 Å². The van der Waals surface area contributed by atoms with E-state index < -0.39 is 10.1 Å². The molecule has 1 rings (SSSR count). The number of aryl methyl sites for hydroxylation is 1. The van der Waals surface area contributed by atoms with Gasteiger partial charge in [-0.3, -0.25) is 0 Å². The van der Waals surface area contributed by atoms with Crippen molar-refractivity contribution in [2.45, 2.75) is 109 Å². The van der Waals surface area contributed by atoms with Crippen molar-refractivity contribution >= 4 is 10.1 Å². The minimum atomic E-state index is -3.65. The van der Waals surface area contributed by atoms with E-state index >= 15 is 0 Å². The first kappa shape index (κ1) is 31.7. The first-order chi connectivity index (χ1) is 15.6. The zero-order valence-electron chi connectivity index (χ0n) is 22.3. The van der Waals surface area contributed by atoms with Crippen LogP contribution >= 0.6 is 0 Å². The summed E-state index contributed by atoms with van der Waals surface area (Å²) in [6.45, 7) is 8.69. The maximum Gasteiger partial charge on any atom is 0.338 e. The Hall–Kier alpha value is -1.33. The zero-order chi connectivity index (χ0) is 25.0. The van der Waals surface area contributed by atoms with Crippen LogP contribution in [0.25, 0.3) is 0 Å². The highest BCUT2D eigenvalue weighted by atomic mass is 32.2. The van der Waals surface area contributed by atoms with Crippen LogP contribution in [0.2, 0.25) is 0 Å². The largest absolute Gasteiger partial charge is 0.388 e. The normalized spacial score (nSPS) is 11.5. The average Bonchev–Trinajstić information content (AvgIpc) is 2.74. The Labute approximate surface area is 206 Å². The number of rotatable bonds is 18. The SMILES string of the molecule is C=COS(=O)(=O)c1ccc(C)cc1.CCCCCCCCCCCCCCCC[N+](C)(C)C. The summed E-state index contributed by atoms with van der Waals surface area (Å²) in [5.74, 6) is 0. The lowest BCUT2D eigenvalue weighted by molar-refractivity contribution is -0.870. The second kappa shape index (κ2) is 19.0. The molecule has 0 aromatic heterocycles. The Bertz CT molecular complexity index is 691. The lowest BCUT2D eigenvalue weighted by Crippen LogP contribution is -2.35. The summed E-state index contributed by atoms with van der Waals surface area (Å²) in [4.78, 5) is 0.137. The highest BCUT2D eigenvalue weighted by Gasteiger charge is 2.12. The summed E-state index contributed by atoms with van der Waals surface area (Å²) < 4.78 is 28.0. The molecule has 0 N–H and O–H groups in total. The highest BCUT2D eigenvalue weighted by molar-refractivity contribution is 7.86. The van der Waals surface area contributed by atoms with E-state index in [1.54, 1.807) is 12.1 Å². The zero-order valence-corrected chi connectivity index (χ0v) is 23.1. The summed E-state index contributed by atoms with van der Waals surface area (Å²) in [6.07, 6.45) is 21.3. The molecule has 0 atom stereocenters. The van der Waals surface area contributed by atoms with Crippen LogP contribution < -0.4 is 0 Å². The molecular formula is C28H52NO3S+. The Morgan fingerprint density at radius 3 is 1.52 bits per heavy atom. The number of quaternary nitrogens is 1. The van der Waals surface area contributed by atoms with Crippen molar-refractivity contribution in [2.75, 3.05) is 27.7 Å². The van der Waals surface area contributed by atoms with E-state index in [1.165, 1.54) is 109 Å². The Morgan fingerprint density at radius 1 is 0.758 bits per heavy atom.